The SMILES string of the molecule is CNc1cc(NCC(C)(C)CCO)nc(C)n1. The smallest absolute Gasteiger partial charge is 0.131 e. The Morgan fingerprint density at radius 1 is 1.29 bits per heavy atom. The number of aliphatic hydroxyl groups is 1. The minimum absolute atomic E-state index is 0.0490. The summed E-state index contributed by atoms with van der Waals surface area (Å²) in [5, 5.41) is 15.2. The van der Waals surface area contributed by atoms with Crippen LogP contribution in [0.25, 0.3) is 0 Å². The van der Waals surface area contributed by atoms with Crippen molar-refractivity contribution in [3.63, 3.8) is 0 Å². The third kappa shape index (κ3) is 4.56. The zero-order valence-corrected chi connectivity index (χ0v) is 11.0. The maximum Gasteiger partial charge on any atom is 0.131 e. The minimum Gasteiger partial charge on any atom is -0.396 e. The maximum absolute atomic E-state index is 8.96. The molecule has 5 heteroatoms. The number of anilines is 2. The molecule has 0 radical (unpaired) electrons. The molecule has 0 saturated carbocycles. The molecule has 1 rings (SSSR count). The number of aliphatic hydroxyl groups excluding tert-OH is 1. The molecule has 0 atom stereocenters. The molecule has 0 aromatic carbocycles. The van der Waals surface area contributed by atoms with E-state index in [4.69, 9.17) is 5.11 Å². The van der Waals surface area contributed by atoms with Crippen molar-refractivity contribution in [2.75, 3.05) is 30.8 Å². The van der Waals surface area contributed by atoms with Crippen molar-refractivity contribution in [3.8, 4) is 0 Å². The molecule has 0 saturated heterocycles. The van der Waals surface area contributed by atoms with Gasteiger partial charge in [-0.05, 0) is 18.8 Å². The molecule has 1 aromatic heterocycles. The van der Waals surface area contributed by atoms with Gasteiger partial charge in [0.15, 0.2) is 0 Å². The highest BCUT2D eigenvalue weighted by atomic mass is 16.3. The summed E-state index contributed by atoms with van der Waals surface area (Å²) in [6.07, 6.45) is 0.767. The average Bonchev–Trinajstić information content (AvgIpc) is 2.26. The van der Waals surface area contributed by atoms with Gasteiger partial charge >= 0.3 is 0 Å². The molecule has 96 valence electrons. The number of nitrogens with zero attached hydrogens (tertiary/aromatic N) is 2. The van der Waals surface area contributed by atoms with Crippen LogP contribution < -0.4 is 10.6 Å². The topological polar surface area (TPSA) is 70.1 Å². The Labute approximate surface area is 103 Å². The molecule has 0 bridgehead atoms. The van der Waals surface area contributed by atoms with E-state index in [1.165, 1.54) is 0 Å². The third-order valence-electron chi connectivity index (χ3n) is 2.63. The monoisotopic (exact) mass is 238 g/mol. The Hall–Kier alpha value is -1.36. The number of aromatic nitrogens is 2. The minimum atomic E-state index is 0.0490. The lowest BCUT2D eigenvalue weighted by Crippen LogP contribution is -2.24. The van der Waals surface area contributed by atoms with Gasteiger partial charge in [0, 0.05) is 26.3 Å². The van der Waals surface area contributed by atoms with Crippen molar-refractivity contribution in [3.05, 3.63) is 11.9 Å². The average molecular weight is 238 g/mol. The highest BCUT2D eigenvalue weighted by molar-refractivity contribution is 5.47. The predicted molar refractivity (Wildman–Crippen MR) is 70.3 cm³/mol. The van der Waals surface area contributed by atoms with Crippen LogP contribution in [0.4, 0.5) is 11.6 Å². The van der Waals surface area contributed by atoms with Crippen LogP contribution in [0, 0.1) is 12.3 Å². The Morgan fingerprint density at radius 2 is 1.94 bits per heavy atom. The molecule has 3 N–H and O–H groups in total. The van der Waals surface area contributed by atoms with Gasteiger partial charge in [0.25, 0.3) is 0 Å². The lowest BCUT2D eigenvalue weighted by atomic mass is 9.90. The molecule has 1 heterocycles. The molecule has 0 spiro atoms. The van der Waals surface area contributed by atoms with Crippen LogP contribution in [0.1, 0.15) is 26.1 Å². The fraction of sp³-hybridized carbons (Fsp3) is 0.667. The second kappa shape index (κ2) is 5.82. The van der Waals surface area contributed by atoms with E-state index in [0.717, 1.165) is 30.4 Å². The van der Waals surface area contributed by atoms with Crippen LogP contribution >= 0.6 is 0 Å². The van der Waals surface area contributed by atoms with Gasteiger partial charge in [-0.2, -0.15) is 0 Å². The van der Waals surface area contributed by atoms with E-state index in [2.05, 4.69) is 34.4 Å². The number of nitrogens with one attached hydrogen (secondary N) is 2. The number of hydrogen-bond donors (Lipinski definition) is 3. The lowest BCUT2D eigenvalue weighted by molar-refractivity contribution is 0.220. The summed E-state index contributed by atoms with van der Waals surface area (Å²) < 4.78 is 0. The molecule has 0 fully saturated rings. The summed E-state index contributed by atoms with van der Waals surface area (Å²) in [5.74, 6) is 2.35. The second-order valence-electron chi connectivity index (χ2n) is 4.93. The standard InChI is InChI=1S/C12H22N4O/c1-9-15-10(13-4)7-11(16-9)14-8-12(2,3)5-6-17/h7,17H,5-6,8H2,1-4H3,(H2,13,14,15,16). The summed E-state index contributed by atoms with van der Waals surface area (Å²) in [4.78, 5) is 8.55. The van der Waals surface area contributed by atoms with E-state index >= 15 is 0 Å². The number of rotatable bonds is 6. The lowest BCUT2D eigenvalue weighted by Gasteiger charge is -2.24. The summed E-state index contributed by atoms with van der Waals surface area (Å²) in [6.45, 7) is 7.07. The van der Waals surface area contributed by atoms with Crippen molar-refractivity contribution >= 4 is 11.6 Å². The second-order valence-corrected chi connectivity index (χ2v) is 4.93. The van der Waals surface area contributed by atoms with Gasteiger partial charge in [0.2, 0.25) is 0 Å². The van der Waals surface area contributed by atoms with Crippen molar-refractivity contribution in [2.24, 2.45) is 5.41 Å². The first-order valence-corrected chi connectivity index (χ1v) is 5.85. The molecule has 0 aliphatic rings. The molecule has 1 aromatic rings. The quantitative estimate of drug-likeness (QED) is 0.703. The first-order chi connectivity index (χ1) is 7.96. The number of hydrogen-bond acceptors (Lipinski definition) is 5. The molecular weight excluding hydrogens is 216 g/mol. The molecule has 0 unspecified atom stereocenters. The largest absolute Gasteiger partial charge is 0.396 e. The van der Waals surface area contributed by atoms with Gasteiger partial charge in [-0.3, -0.25) is 0 Å². The van der Waals surface area contributed by atoms with Crippen LogP contribution in [0.2, 0.25) is 0 Å². The van der Waals surface area contributed by atoms with Gasteiger partial charge in [0.05, 0.1) is 0 Å². The Morgan fingerprint density at radius 3 is 2.53 bits per heavy atom. The van der Waals surface area contributed by atoms with E-state index in [-0.39, 0.29) is 12.0 Å². The van der Waals surface area contributed by atoms with Crippen molar-refractivity contribution in [1.82, 2.24) is 9.97 Å². The molecule has 0 aliphatic carbocycles. The zero-order chi connectivity index (χ0) is 12.9. The first kappa shape index (κ1) is 13.7. The van der Waals surface area contributed by atoms with Crippen LogP contribution in [-0.4, -0.2) is 35.3 Å². The normalized spacial score (nSPS) is 11.4. The van der Waals surface area contributed by atoms with E-state index < -0.39 is 0 Å². The van der Waals surface area contributed by atoms with Gasteiger partial charge in [-0.15, -0.1) is 0 Å². The summed E-state index contributed by atoms with van der Waals surface area (Å²) >= 11 is 0. The van der Waals surface area contributed by atoms with Gasteiger partial charge in [-0.1, -0.05) is 13.8 Å². The summed E-state index contributed by atoms with van der Waals surface area (Å²) in [7, 11) is 1.83. The zero-order valence-electron chi connectivity index (χ0n) is 11.0. The maximum atomic E-state index is 8.96. The third-order valence-corrected chi connectivity index (χ3v) is 2.63. The molecule has 17 heavy (non-hydrogen) atoms. The van der Waals surface area contributed by atoms with Gasteiger partial charge < -0.3 is 15.7 Å². The summed E-state index contributed by atoms with van der Waals surface area (Å²) in [5.41, 5.74) is 0.0490. The molecular formula is C12H22N4O. The van der Waals surface area contributed by atoms with E-state index in [9.17, 15) is 0 Å². The van der Waals surface area contributed by atoms with Crippen molar-refractivity contribution in [1.29, 1.82) is 0 Å². The van der Waals surface area contributed by atoms with E-state index in [0.29, 0.717) is 0 Å². The van der Waals surface area contributed by atoms with Gasteiger partial charge in [0.1, 0.15) is 17.5 Å². The highest BCUT2D eigenvalue weighted by Gasteiger charge is 2.17. The van der Waals surface area contributed by atoms with Crippen molar-refractivity contribution in [2.45, 2.75) is 27.2 Å². The van der Waals surface area contributed by atoms with Crippen LogP contribution in [0.3, 0.4) is 0 Å². The highest BCUT2D eigenvalue weighted by Crippen LogP contribution is 2.20. The molecule has 0 aliphatic heterocycles. The molecule has 0 amide bonds. The van der Waals surface area contributed by atoms with Gasteiger partial charge in [-0.25, -0.2) is 9.97 Å². The van der Waals surface area contributed by atoms with Crippen molar-refractivity contribution < 1.29 is 5.11 Å². The van der Waals surface area contributed by atoms with Crippen LogP contribution in [0.15, 0.2) is 6.07 Å². The first-order valence-electron chi connectivity index (χ1n) is 5.85. The fourth-order valence-electron chi connectivity index (χ4n) is 1.51. The van der Waals surface area contributed by atoms with E-state index in [1.807, 2.05) is 20.0 Å². The predicted octanol–water partition coefficient (Wildman–Crippen LogP) is 1.65. The Bertz CT molecular complexity index is 366. The van der Waals surface area contributed by atoms with Crippen LogP contribution in [-0.2, 0) is 0 Å². The van der Waals surface area contributed by atoms with Crippen LogP contribution in [0.5, 0.6) is 0 Å². The molecule has 5 nitrogen and oxygen atoms in total. The fourth-order valence-corrected chi connectivity index (χ4v) is 1.51. The number of aryl methyl sites for hydroxylation is 1. The van der Waals surface area contributed by atoms with E-state index in [1.54, 1.807) is 0 Å². The Kier molecular flexibility index (Phi) is 4.69. The Balaban J connectivity index is 2.65. The summed E-state index contributed by atoms with van der Waals surface area (Å²) in [6, 6.07) is 1.88.